The highest BCUT2D eigenvalue weighted by Crippen LogP contribution is 2.37. The number of aliphatic hydroxyl groups excluding tert-OH is 1. The number of rotatable bonds is 6. The quantitative estimate of drug-likeness (QED) is 0.449. The Morgan fingerprint density at radius 3 is 2.71 bits per heavy atom. The number of ether oxygens (including phenoxy) is 2. The molecule has 0 saturated carbocycles. The van der Waals surface area contributed by atoms with Crippen molar-refractivity contribution in [3.8, 4) is 11.5 Å². The number of carbonyl (C=O) groups is 1. The smallest absolute Gasteiger partial charge is 0.315 e. The van der Waals surface area contributed by atoms with E-state index in [4.69, 9.17) is 14.6 Å². The maximum absolute atomic E-state index is 10.8. The minimum Gasteiger partial charge on any atom is -0.493 e. The van der Waals surface area contributed by atoms with Crippen molar-refractivity contribution in [2.45, 2.75) is 0 Å². The predicted octanol–water partition coefficient (Wildman–Crippen LogP) is 0.787. The Balaban J connectivity index is 3.29. The molecule has 7 heteroatoms. The van der Waals surface area contributed by atoms with Gasteiger partial charge in [0.1, 0.15) is 12.9 Å². The molecule has 17 heavy (non-hydrogen) atoms. The van der Waals surface area contributed by atoms with Crippen molar-refractivity contribution >= 4 is 12.0 Å². The molecule has 0 saturated heterocycles. The number of aliphatic hydroxyl groups is 1. The highest BCUT2D eigenvalue weighted by Gasteiger charge is 2.22. The number of carbonyl (C=O) groups excluding carboxylic acids is 1. The van der Waals surface area contributed by atoms with Gasteiger partial charge in [-0.15, -0.1) is 0 Å². The van der Waals surface area contributed by atoms with Crippen LogP contribution in [0.2, 0.25) is 0 Å². The van der Waals surface area contributed by atoms with Gasteiger partial charge in [0.2, 0.25) is 5.75 Å². The first-order valence-electron chi connectivity index (χ1n) is 4.69. The van der Waals surface area contributed by atoms with Crippen LogP contribution in [0.1, 0.15) is 10.4 Å². The summed E-state index contributed by atoms with van der Waals surface area (Å²) in [6, 6.07) is 2.41. The lowest BCUT2D eigenvalue weighted by atomic mass is 10.2. The highest BCUT2D eigenvalue weighted by atomic mass is 16.6. The highest BCUT2D eigenvalue weighted by molar-refractivity contribution is 5.79. The fourth-order valence-corrected chi connectivity index (χ4v) is 1.26. The molecule has 7 nitrogen and oxygen atoms in total. The third-order valence-electron chi connectivity index (χ3n) is 1.95. The maximum Gasteiger partial charge on any atom is 0.315 e. The van der Waals surface area contributed by atoms with Crippen LogP contribution in [0.4, 0.5) is 5.69 Å². The summed E-state index contributed by atoms with van der Waals surface area (Å²) < 4.78 is 9.94. The molecule has 0 aliphatic rings. The van der Waals surface area contributed by atoms with Crippen LogP contribution in [-0.4, -0.2) is 36.6 Å². The molecule has 0 aliphatic heterocycles. The van der Waals surface area contributed by atoms with Gasteiger partial charge in [-0.05, 0) is 6.07 Å². The van der Waals surface area contributed by atoms with Gasteiger partial charge in [-0.3, -0.25) is 14.9 Å². The Labute approximate surface area is 96.7 Å². The summed E-state index contributed by atoms with van der Waals surface area (Å²) in [6.45, 7) is -0.382. The second kappa shape index (κ2) is 5.80. The number of benzene rings is 1. The average molecular weight is 241 g/mol. The third-order valence-corrected chi connectivity index (χ3v) is 1.95. The van der Waals surface area contributed by atoms with Crippen LogP contribution in [0.25, 0.3) is 0 Å². The molecular formula is C10H11NO6. The second-order valence-corrected chi connectivity index (χ2v) is 3.02. The van der Waals surface area contributed by atoms with Crippen LogP contribution in [-0.2, 0) is 0 Å². The zero-order valence-corrected chi connectivity index (χ0v) is 9.08. The molecule has 0 aromatic heterocycles. The van der Waals surface area contributed by atoms with Crippen LogP contribution < -0.4 is 9.47 Å². The first-order valence-corrected chi connectivity index (χ1v) is 4.69. The summed E-state index contributed by atoms with van der Waals surface area (Å²) in [5.41, 5.74) is -0.259. The van der Waals surface area contributed by atoms with Crippen molar-refractivity contribution in [1.82, 2.24) is 0 Å². The van der Waals surface area contributed by atoms with Crippen molar-refractivity contribution in [3.63, 3.8) is 0 Å². The number of nitro groups is 1. The minimum absolute atomic E-state index is 0.0785. The van der Waals surface area contributed by atoms with Crippen LogP contribution in [0.5, 0.6) is 11.5 Å². The van der Waals surface area contributed by atoms with Gasteiger partial charge >= 0.3 is 5.69 Å². The first-order chi connectivity index (χ1) is 8.13. The lowest BCUT2D eigenvalue weighted by Gasteiger charge is -2.10. The van der Waals surface area contributed by atoms with Crippen LogP contribution in [0.15, 0.2) is 12.1 Å². The largest absolute Gasteiger partial charge is 0.493 e. The van der Waals surface area contributed by atoms with Crippen molar-refractivity contribution in [2.75, 3.05) is 20.3 Å². The molecule has 1 rings (SSSR count). The SMILES string of the molecule is COc1cc(C=O)cc([N+](=O)[O-])c1OCCO. The number of nitro benzene ring substituents is 1. The van der Waals surface area contributed by atoms with Crippen molar-refractivity contribution in [2.24, 2.45) is 0 Å². The number of methoxy groups -OCH3 is 1. The Bertz CT molecular complexity index is 431. The van der Waals surface area contributed by atoms with E-state index in [1.54, 1.807) is 0 Å². The fraction of sp³-hybridized carbons (Fsp3) is 0.300. The van der Waals surface area contributed by atoms with Crippen LogP contribution in [0.3, 0.4) is 0 Å². The van der Waals surface area contributed by atoms with E-state index >= 15 is 0 Å². The zero-order valence-electron chi connectivity index (χ0n) is 9.08. The van der Waals surface area contributed by atoms with Crippen molar-refractivity contribution in [3.05, 3.63) is 27.8 Å². The molecule has 92 valence electrons. The van der Waals surface area contributed by atoms with Gasteiger partial charge in [-0.2, -0.15) is 0 Å². The molecule has 0 atom stereocenters. The molecule has 0 fully saturated rings. The number of nitrogens with zero attached hydrogens (tertiary/aromatic N) is 1. The summed E-state index contributed by atoms with van der Waals surface area (Å²) in [7, 11) is 1.31. The molecule has 0 unspecified atom stereocenters. The summed E-state index contributed by atoms with van der Waals surface area (Å²) in [6.07, 6.45) is 0.478. The Kier molecular flexibility index (Phi) is 4.41. The third kappa shape index (κ3) is 2.91. The molecule has 0 aliphatic carbocycles. The van der Waals surface area contributed by atoms with E-state index in [9.17, 15) is 14.9 Å². The van der Waals surface area contributed by atoms with E-state index in [2.05, 4.69) is 0 Å². The first kappa shape index (κ1) is 12.9. The van der Waals surface area contributed by atoms with Crippen LogP contribution in [0, 0.1) is 10.1 Å². The van der Waals surface area contributed by atoms with E-state index in [1.807, 2.05) is 0 Å². The summed E-state index contributed by atoms with van der Waals surface area (Å²) in [5.74, 6) is -0.0214. The van der Waals surface area contributed by atoms with Crippen LogP contribution >= 0.6 is 0 Å². The standard InChI is InChI=1S/C10H11NO6/c1-16-9-5-7(6-13)4-8(11(14)15)10(9)17-3-2-12/h4-6,12H,2-3H2,1H3. The Hall–Kier alpha value is -2.15. The minimum atomic E-state index is -0.678. The molecule has 0 heterocycles. The van der Waals surface area contributed by atoms with E-state index in [0.29, 0.717) is 6.29 Å². The molecule has 0 amide bonds. The zero-order chi connectivity index (χ0) is 12.8. The molecule has 1 aromatic carbocycles. The molecule has 0 radical (unpaired) electrons. The average Bonchev–Trinajstić information content (AvgIpc) is 2.35. The molecule has 0 spiro atoms. The Morgan fingerprint density at radius 2 is 2.24 bits per heavy atom. The summed E-state index contributed by atoms with van der Waals surface area (Å²) in [5, 5.41) is 19.4. The van der Waals surface area contributed by atoms with E-state index < -0.39 is 4.92 Å². The molecular weight excluding hydrogens is 230 g/mol. The lowest BCUT2D eigenvalue weighted by molar-refractivity contribution is -0.386. The molecule has 1 N–H and O–H groups in total. The van der Waals surface area contributed by atoms with E-state index in [1.165, 1.54) is 13.2 Å². The van der Waals surface area contributed by atoms with Gasteiger partial charge in [0.15, 0.2) is 5.75 Å². The fourth-order valence-electron chi connectivity index (χ4n) is 1.26. The second-order valence-electron chi connectivity index (χ2n) is 3.02. The van der Waals surface area contributed by atoms with Gasteiger partial charge in [-0.25, -0.2) is 0 Å². The predicted molar refractivity (Wildman–Crippen MR) is 57.6 cm³/mol. The van der Waals surface area contributed by atoms with Gasteiger partial charge in [-0.1, -0.05) is 0 Å². The van der Waals surface area contributed by atoms with Crippen molar-refractivity contribution < 1.29 is 24.3 Å². The number of hydrogen-bond acceptors (Lipinski definition) is 6. The van der Waals surface area contributed by atoms with Crippen molar-refractivity contribution in [1.29, 1.82) is 0 Å². The lowest BCUT2D eigenvalue weighted by Crippen LogP contribution is -2.06. The maximum atomic E-state index is 10.8. The monoisotopic (exact) mass is 241 g/mol. The van der Waals surface area contributed by atoms with Gasteiger partial charge in [0.25, 0.3) is 0 Å². The van der Waals surface area contributed by atoms with E-state index in [-0.39, 0.29) is 36.0 Å². The normalized spacial score (nSPS) is 9.76. The number of aldehydes is 1. The summed E-state index contributed by atoms with van der Waals surface area (Å²) in [4.78, 5) is 20.8. The molecule has 1 aromatic rings. The van der Waals surface area contributed by atoms with E-state index in [0.717, 1.165) is 6.07 Å². The topological polar surface area (TPSA) is 98.9 Å². The summed E-state index contributed by atoms with van der Waals surface area (Å²) >= 11 is 0. The number of hydrogen-bond donors (Lipinski definition) is 1. The Morgan fingerprint density at radius 1 is 1.53 bits per heavy atom. The van der Waals surface area contributed by atoms with Gasteiger partial charge < -0.3 is 14.6 Å². The molecule has 0 bridgehead atoms. The van der Waals surface area contributed by atoms with Gasteiger partial charge in [0.05, 0.1) is 18.6 Å². The van der Waals surface area contributed by atoms with Gasteiger partial charge in [0, 0.05) is 11.6 Å².